The molecule has 2 aromatic rings. The van der Waals surface area contributed by atoms with Gasteiger partial charge in [-0.25, -0.2) is 4.79 Å². The van der Waals surface area contributed by atoms with E-state index < -0.39 is 5.97 Å². The van der Waals surface area contributed by atoms with E-state index in [-0.39, 0.29) is 12.3 Å². The fourth-order valence-electron chi connectivity index (χ4n) is 1.97. The summed E-state index contributed by atoms with van der Waals surface area (Å²) in [6.45, 7) is 0. The van der Waals surface area contributed by atoms with Crippen LogP contribution in [0.4, 0.5) is 0 Å². The summed E-state index contributed by atoms with van der Waals surface area (Å²) >= 11 is 5.92. The highest BCUT2D eigenvalue weighted by atomic mass is 35.5. The summed E-state index contributed by atoms with van der Waals surface area (Å²) in [6, 6.07) is 14.6. The molecule has 2 rings (SSSR count). The second-order valence-electron chi connectivity index (χ2n) is 4.77. The van der Waals surface area contributed by atoms with Crippen LogP contribution in [0.1, 0.15) is 17.5 Å². The molecule has 0 aliphatic heterocycles. The molecule has 0 saturated carbocycles. The number of ether oxygens (including phenoxy) is 1. The zero-order valence-corrected chi connectivity index (χ0v) is 13.4. The van der Waals surface area contributed by atoms with E-state index in [0.717, 1.165) is 5.56 Å². The molecule has 0 aromatic heterocycles. The number of amidine groups is 1. The number of nitrogens with zero attached hydrogens (tertiary/aromatic N) is 1. The molecular formula is C17H17ClN2O3. The van der Waals surface area contributed by atoms with Crippen LogP contribution in [-0.4, -0.2) is 18.9 Å². The number of nitrogens with two attached hydrogens (primary N) is 1. The third kappa shape index (κ3) is 5.00. The highest BCUT2D eigenvalue weighted by Gasteiger charge is 2.10. The van der Waals surface area contributed by atoms with Gasteiger partial charge in [0.2, 0.25) is 0 Å². The van der Waals surface area contributed by atoms with Gasteiger partial charge in [0.1, 0.15) is 5.75 Å². The van der Waals surface area contributed by atoms with E-state index in [9.17, 15) is 4.79 Å². The van der Waals surface area contributed by atoms with Crippen LogP contribution < -0.4 is 10.5 Å². The van der Waals surface area contributed by atoms with Crippen molar-refractivity contribution in [2.24, 2.45) is 10.9 Å². The van der Waals surface area contributed by atoms with Crippen LogP contribution in [0.2, 0.25) is 5.02 Å². The number of rotatable bonds is 6. The van der Waals surface area contributed by atoms with Crippen molar-refractivity contribution < 1.29 is 14.4 Å². The van der Waals surface area contributed by atoms with Gasteiger partial charge in [0.15, 0.2) is 5.84 Å². The summed E-state index contributed by atoms with van der Waals surface area (Å²) in [4.78, 5) is 16.6. The minimum atomic E-state index is -0.460. The minimum absolute atomic E-state index is 0.0254. The molecule has 6 heteroatoms. The van der Waals surface area contributed by atoms with Gasteiger partial charge in [-0.2, -0.15) is 0 Å². The first-order valence-electron chi connectivity index (χ1n) is 7.01. The van der Waals surface area contributed by atoms with Crippen molar-refractivity contribution in [2.45, 2.75) is 12.8 Å². The van der Waals surface area contributed by atoms with Crippen LogP contribution in [0.25, 0.3) is 0 Å². The predicted octanol–water partition coefficient (Wildman–Crippen LogP) is 3.14. The molecule has 0 heterocycles. The van der Waals surface area contributed by atoms with Crippen molar-refractivity contribution in [1.82, 2.24) is 0 Å². The van der Waals surface area contributed by atoms with Gasteiger partial charge < -0.3 is 15.3 Å². The summed E-state index contributed by atoms with van der Waals surface area (Å²) in [5.74, 6) is 0.0613. The van der Waals surface area contributed by atoms with Crippen LogP contribution in [-0.2, 0) is 16.1 Å². The van der Waals surface area contributed by atoms with Crippen LogP contribution in [0.3, 0.4) is 0 Å². The number of carbonyl (C=O) groups is 1. The second kappa shape index (κ2) is 8.19. The Balaban J connectivity index is 1.96. The van der Waals surface area contributed by atoms with Crippen LogP contribution in [0, 0.1) is 0 Å². The Labute approximate surface area is 139 Å². The molecule has 0 unspecified atom stereocenters. The highest BCUT2D eigenvalue weighted by Crippen LogP contribution is 2.22. The Morgan fingerprint density at radius 2 is 1.96 bits per heavy atom. The third-order valence-corrected chi connectivity index (χ3v) is 3.38. The average Bonchev–Trinajstić information content (AvgIpc) is 2.58. The molecule has 5 nitrogen and oxygen atoms in total. The van der Waals surface area contributed by atoms with Gasteiger partial charge in [-0.3, -0.25) is 0 Å². The maximum Gasteiger partial charge on any atom is 0.335 e. The Kier molecular flexibility index (Phi) is 6.00. The molecule has 0 bridgehead atoms. The Bertz CT molecular complexity index is 702. The van der Waals surface area contributed by atoms with E-state index in [1.807, 2.05) is 30.3 Å². The quantitative estimate of drug-likeness (QED) is 0.381. The number of oxime groups is 1. The number of halogens is 1. The number of hydrogen-bond donors (Lipinski definition) is 1. The average molecular weight is 333 g/mol. The summed E-state index contributed by atoms with van der Waals surface area (Å²) in [7, 11) is 1.51. The lowest BCUT2D eigenvalue weighted by atomic mass is 10.1. The molecule has 0 amide bonds. The van der Waals surface area contributed by atoms with Gasteiger partial charge in [0.05, 0.1) is 19.1 Å². The molecule has 23 heavy (non-hydrogen) atoms. The standard InChI is InChI=1S/C17H17ClN2O3/c1-22-15-9-8-13(18)11-14(15)17(19)20-23-16(21)10-7-12-5-3-2-4-6-12/h2-6,8-9,11H,7,10H2,1H3,(H2,19,20). The summed E-state index contributed by atoms with van der Waals surface area (Å²) in [6.07, 6.45) is 0.795. The van der Waals surface area contributed by atoms with Gasteiger partial charge in [0.25, 0.3) is 0 Å². The van der Waals surface area contributed by atoms with E-state index >= 15 is 0 Å². The number of carbonyl (C=O) groups excluding carboxylic acids is 1. The Hall–Kier alpha value is -2.53. The Morgan fingerprint density at radius 3 is 2.65 bits per heavy atom. The monoisotopic (exact) mass is 332 g/mol. The SMILES string of the molecule is COc1ccc(Cl)cc1/C(N)=N/OC(=O)CCc1ccccc1. The van der Waals surface area contributed by atoms with Crippen molar-refractivity contribution in [3.8, 4) is 5.75 Å². The van der Waals surface area contributed by atoms with Crippen LogP contribution in [0.15, 0.2) is 53.7 Å². The van der Waals surface area contributed by atoms with Crippen molar-refractivity contribution in [3.05, 3.63) is 64.7 Å². The maximum atomic E-state index is 11.7. The molecule has 2 aromatic carbocycles. The lowest BCUT2D eigenvalue weighted by Crippen LogP contribution is -2.16. The maximum absolute atomic E-state index is 11.7. The van der Waals surface area contributed by atoms with E-state index in [1.165, 1.54) is 7.11 Å². The topological polar surface area (TPSA) is 73.9 Å². The zero-order chi connectivity index (χ0) is 16.7. The lowest BCUT2D eigenvalue weighted by Gasteiger charge is -2.07. The van der Waals surface area contributed by atoms with Crippen molar-refractivity contribution in [2.75, 3.05) is 7.11 Å². The van der Waals surface area contributed by atoms with E-state index in [2.05, 4.69) is 5.16 Å². The van der Waals surface area contributed by atoms with Crippen LogP contribution in [0.5, 0.6) is 5.75 Å². The summed E-state index contributed by atoms with van der Waals surface area (Å²) < 4.78 is 5.17. The largest absolute Gasteiger partial charge is 0.496 e. The lowest BCUT2D eigenvalue weighted by molar-refractivity contribution is -0.143. The van der Waals surface area contributed by atoms with Crippen molar-refractivity contribution in [1.29, 1.82) is 0 Å². The number of aryl methyl sites for hydroxylation is 1. The molecule has 0 spiro atoms. The van der Waals surface area contributed by atoms with Crippen molar-refractivity contribution >= 4 is 23.4 Å². The van der Waals surface area contributed by atoms with Crippen molar-refractivity contribution in [3.63, 3.8) is 0 Å². The van der Waals surface area contributed by atoms with Gasteiger partial charge in [-0.1, -0.05) is 47.1 Å². The number of methoxy groups -OCH3 is 1. The molecule has 0 aliphatic carbocycles. The van der Waals surface area contributed by atoms with Gasteiger partial charge >= 0.3 is 5.97 Å². The first-order chi connectivity index (χ1) is 11.1. The molecule has 0 fully saturated rings. The highest BCUT2D eigenvalue weighted by molar-refractivity contribution is 6.31. The van der Waals surface area contributed by atoms with Gasteiger partial charge in [-0.15, -0.1) is 0 Å². The minimum Gasteiger partial charge on any atom is -0.496 e. The first-order valence-corrected chi connectivity index (χ1v) is 7.39. The van der Waals surface area contributed by atoms with E-state index in [1.54, 1.807) is 18.2 Å². The normalized spacial score (nSPS) is 11.1. The van der Waals surface area contributed by atoms with Gasteiger partial charge in [-0.05, 0) is 30.2 Å². The number of hydrogen-bond acceptors (Lipinski definition) is 4. The molecular weight excluding hydrogens is 316 g/mol. The Morgan fingerprint density at radius 1 is 1.22 bits per heavy atom. The van der Waals surface area contributed by atoms with E-state index in [4.69, 9.17) is 26.9 Å². The van der Waals surface area contributed by atoms with Crippen LogP contribution >= 0.6 is 11.6 Å². The zero-order valence-electron chi connectivity index (χ0n) is 12.7. The fraction of sp³-hybridized carbons (Fsp3) is 0.176. The fourth-order valence-corrected chi connectivity index (χ4v) is 2.14. The second-order valence-corrected chi connectivity index (χ2v) is 5.21. The predicted molar refractivity (Wildman–Crippen MR) is 89.6 cm³/mol. The van der Waals surface area contributed by atoms with Gasteiger partial charge in [0, 0.05) is 5.02 Å². The smallest absolute Gasteiger partial charge is 0.335 e. The molecule has 0 aliphatic rings. The molecule has 0 radical (unpaired) electrons. The summed E-state index contributed by atoms with van der Waals surface area (Å²) in [5.41, 5.74) is 7.35. The molecule has 0 atom stereocenters. The third-order valence-electron chi connectivity index (χ3n) is 3.14. The van der Waals surface area contributed by atoms with E-state index in [0.29, 0.717) is 22.8 Å². The molecule has 0 saturated heterocycles. The molecule has 2 N–H and O–H groups in total. The summed E-state index contributed by atoms with van der Waals surface area (Å²) in [5, 5.41) is 4.14. The molecule has 120 valence electrons. The number of benzene rings is 2. The first kappa shape index (κ1) is 16.8.